The smallest absolute Gasteiger partial charge is 0.253 e. The van der Waals surface area contributed by atoms with Crippen LogP contribution in [0, 0.1) is 0 Å². The van der Waals surface area contributed by atoms with Crippen molar-refractivity contribution in [1.29, 1.82) is 0 Å². The van der Waals surface area contributed by atoms with Crippen molar-refractivity contribution >= 4 is 5.91 Å². The van der Waals surface area contributed by atoms with E-state index in [0.717, 1.165) is 0 Å². The largest absolute Gasteiger partial charge is 0.367 e. The van der Waals surface area contributed by atoms with Crippen molar-refractivity contribution < 1.29 is 9.18 Å². The summed E-state index contributed by atoms with van der Waals surface area (Å²) >= 11 is 0. The molecule has 4 N–H and O–H groups in total. The Kier molecular flexibility index (Phi) is 2.29. The number of hydrogen-bond acceptors (Lipinski definition) is 2. The Labute approximate surface area is 40.5 Å². The highest BCUT2D eigenvalue weighted by Gasteiger charge is 2.08. The number of nitrogens with two attached hydrogens (primary N) is 2. The number of amides is 1. The lowest BCUT2D eigenvalue weighted by atomic mass is 10.4. The maximum atomic E-state index is 11.7. The van der Waals surface area contributed by atoms with Crippen LogP contribution in [0.15, 0.2) is 0 Å². The van der Waals surface area contributed by atoms with E-state index in [-0.39, 0.29) is 6.54 Å². The van der Waals surface area contributed by atoms with Gasteiger partial charge in [0.15, 0.2) is 6.17 Å². The van der Waals surface area contributed by atoms with Crippen LogP contribution in [0.3, 0.4) is 0 Å². The number of carbonyl (C=O) groups excluding carboxylic acids is 1. The van der Waals surface area contributed by atoms with Gasteiger partial charge in [0.1, 0.15) is 0 Å². The number of hydrogen-bond donors (Lipinski definition) is 2. The Morgan fingerprint density at radius 1 is 1.86 bits per heavy atom. The summed E-state index contributed by atoms with van der Waals surface area (Å²) in [5.74, 6) is -0.998. The first-order valence-corrected chi connectivity index (χ1v) is 1.82. The molecule has 0 heterocycles. The molecule has 0 aromatic heterocycles. The van der Waals surface area contributed by atoms with Gasteiger partial charge < -0.3 is 11.5 Å². The minimum Gasteiger partial charge on any atom is -0.367 e. The lowest BCUT2D eigenvalue weighted by molar-refractivity contribution is -0.122. The van der Waals surface area contributed by atoms with Crippen molar-refractivity contribution in [2.24, 2.45) is 11.5 Å². The number of primary amides is 1. The molecular formula is C3H7FN2O. The second-order valence-corrected chi connectivity index (χ2v) is 1.11. The third-order valence-corrected chi connectivity index (χ3v) is 0.516. The molecule has 42 valence electrons. The summed E-state index contributed by atoms with van der Waals surface area (Å²) in [6.45, 7) is -0.324. The summed E-state index contributed by atoms with van der Waals surface area (Å²) in [7, 11) is 0. The third kappa shape index (κ3) is 2.11. The first kappa shape index (κ1) is 6.36. The van der Waals surface area contributed by atoms with Gasteiger partial charge >= 0.3 is 0 Å². The van der Waals surface area contributed by atoms with Crippen LogP contribution >= 0.6 is 0 Å². The molecule has 0 radical (unpaired) electrons. The van der Waals surface area contributed by atoms with E-state index in [1.165, 1.54) is 0 Å². The zero-order chi connectivity index (χ0) is 5.86. The fourth-order valence-electron chi connectivity index (χ4n) is 0.116. The Morgan fingerprint density at radius 2 is 2.29 bits per heavy atom. The van der Waals surface area contributed by atoms with Gasteiger partial charge in [0, 0.05) is 6.54 Å². The Balaban J connectivity index is 3.34. The summed E-state index contributed by atoms with van der Waals surface area (Å²) in [4.78, 5) is 9.70. The normalized spacial score (nSPS) is 13.4. The highest BCUT2D eigenvalue weighted by molar-refractivity contribution is 5.78. The molecule has 0 aromatic rings. The Morgan fingerprint density at radius 3 is 2.29 bits per heavy atom. The molecule has 0 spiro atoms. The summed E-state index contributed by atoms with van der Waals surface area (Å²) in [6, 6.07) is 0. The zero-order valence-corrected chi connectivity index (χ0v) is 3.73. The maximum Gasteiger partial charge on any atom is 0.253 e. The molecule has 0 aliphatic carbocycles. The fourth-order valence-corrected chi connectivity index (χ4v) is 0.116. The molecule has 0 rings (SSSR count). The summed E-state index contributed by atoms with van der Waals surface area (Å²) < 4.78 is 11.7. The van der Waals surface area contributed by atoms with Crippen LogP contribution in [-0.2, 0) is 4.79 Å². The molecule has 0 bridgehead atoms. The topological polar surface area (TPSA) is 69.1 Å². The Hall–Kier alpha value is -0.640. The van der Waals surface area contributed by atoms with E-state index in [2.05, 4.69) is 5.73 Å². The van der Waals surface area contributed by atoms with Crippen LogP contribution in [0.5, 0.6) is 0 Å². The van der Waals surface area contributed by atoms with E-state index in [1.54, 1.807) is 0 Å². The van der Waals surface area contributed by atoms with E-state index >= 15 is 0 Å². The van der Waals surface area contributed by atoms with E-state index in [0.29, 0.717) is 0 Å². The van der Waals surface area contributed by atoms with Gasteiger partial charge in [0.25, 0.3) is 5.91 Å². The molecule has 1 atom stereocenters. The van der Waals surface area contributed by atoms with Crippen LogP contribution < -0.4 is 11.5 Å². The van der Waals surface area contributed by atoms with Gasteiger partial charge in [-0.3, -0.25) is 4.79 Å². The van der Waals surface area contributed by atoms with Crippen molar-refractivity contribution in [3.05, 3.63) is 0 Å². The van der Waals surface area contributed by atoms with Crippen molar-refractivity contribution in [3.8, 4) is 0 Å². The van der Waals surface area contributed by atoms with E-state index < -0.39 is 12.1 Å². The molecule has 1 amide bonds. The first-order chi connectivity index (χ1) is 3.18. The van der Waals surface area contributed by atoms with Crippen molar-refractivity contribution in [3.63, 3.8) is 0 Å². The van der Waals surface area contributed by atoms with Crippen LogP contribution in [0.2, 0.25) is 0 Å². The molecule has 0 fully saturated rings. The Bertz CT molecular complexity index is 75.3. The molecule has 0 aliphatic rings. The second-order valence-electron chi connectivity index (χ2n) is 1.11. The molecule has 0 saturated carbocycles. The maximum absolute atomic E-state index is 11.7. The van der Waals surface area contributed by atoms with Crippen LogP contribution in [0.1, 0.15) is 0 Å². The molecule has 0 aliphatic heterocycles. The summed E-state index contributed by atoms with van der Waals surface area (Å²) in [5, 5.41) is 0. The van der Waals surface area contributed by atoms with Crippen molar-refractivity contribution in [2.75, 3.05) is 6.54 Å². The van der Waals surface area contributed by atoms with E-state index in [1.807, 2.05) is 0 Å². The third-order valence-electron chi connectivity index (χ3n) is 0.516. The molecule has 3 nitrogen and oxygen atoms in total. The fraction of sp³-hybridized carbons (Fsp3) is 0.667. The molecule has 0 saturated heterocycles. The highest BCUT2D eigenvalue weighted by atomic mass is 19.1. The van der Waals surface area contributed by atoms with E-state index in [9.17, 15) is 9.18 Å². The van der Waals surface area contributed by atoms with Crippen LogP contribution in [0.4, 0.5) is 4.39 Å². The lowest BCUT2D eigenvalue weighted by Gasteiger charge is -1.94. The quantitative estimate of drug-likeness (QED) is 0.462. The van der Waals surface area contributed by atoms with Gasteiger partial charge in [-0.2, -0.15) is 0 Å². The van der Waals surface area contributed by atoms with Crippen LogP contribution in [-0.4, -0.2) is 18.6 Å². The molecule has 0 aromatic carbocycles. The average Bonchev–Trinajstić information content (AvgIpc) is 1.65. The summed E-state index contributed by atoms with van der Waals surface area (Å²) in [5.41, 5.74) is 9.15. The van der Waals surface area contributed by atoms with Gasteiger partial charge in [0.05, 0.1) is 0 Å². The van der Waals surface area contributed by atoms with Gasteiger partial charge in [-0.25, -0.2) is 4.39 Å². The van der Waals surface area contributed by atoms with Gasteiger partial charge in [0.2, 0.25) is 0 Å². The van der Waals surface area contributed by atoms with Crippen LogP contribution in [0.25, 0.3) is 0 Å². The number of carbonyl (C=O) groups is 1. The predicted octanol–water partition coefficient (Wildman–Crippen LogP) is -1.23. The minimum atomic E-state index is -1.68. The zero-order valence-electron chi connectivity index (χ0n) is 3.73. The number of rotatable bonds is 2. The second kappa shape index (κ2) is 2.52. The number of halogens is 1. The monoisotopic (exact) mass is 106 g/mol. The highest BCUT2D eigenvalue weighted by Crippen LogP contribution is 1.81. The van der Waals surface area contributed by atoms with Gasteiger partial charge in [-0.05, 0) is 0 Å². The average molecular weight is 106 g/mol. The minimum absolute atomic E-state index is 0.324. The molecule has 4 heteroatoms. The van der Waals surface area contributed by atoms with Gasteiger partial charge in [-0.15, -0.1) is 0 Å². The number of alkyl halides is 1. The molecule has 7 heavy (non-hydrogen) atoms. The van der Waals surface area contributed by atoms with E-state index in [4.69, 9.17) is 5.73 Å². The lowest BCUT2D eigenvalue weighted by Crippen LogP contribution is -2.31. The summed E-state index contributed by atoms with van der Waals surface area (Å²) in [6.07, 6.45) is -1.68. The van der Waals surface area contributed by atoms with Crippen molar-refractivity contribution in [1.82, 2.24) is 0 Å². The standard InChI is InChI=1S/C3H7FN2O/c4-2(1-5)3(6)7/h2H,1,5H2,(H2,6,7)/t2-/m1/s1. The SMILES string of the molecule is NC[C@@H](F)C(N)=O. The van der Waals surface area contributed by atoms with Gasteiger partial charge in [-0.1, -0.05) is 0 Å². The van der Waals surface area contributed by atoms with Crippen molar-refractivity contribution in [2.45, 2.75) is 6.17 Å². The predicted molar refractivity (Wildman–Crippen MR) is 23.1 cm³/mol. The first-order valence-electron chi connectivity index (χ1n) is 1.82. The molecule has 0 unspecified atom stereocenters. The molecular weight excluding hydrogens is 99.0 g/mol.